The van der Waals surface area contributed by atoms with Crippen molar-refractivity contribution >= 4 is 64.2 Å². The lowest BCUT2D eigenvalue weighted by molar-refractivity contribution is 0.469. The number of hydrogen-bond donors (Lipinski definition) is 0. The van der Waals surface area contributed by atoms with Crippen LogP contribution in [-0.2, 0) is 6.42 Å². The highest BCUT2D eigenvalue weighted by Crippen LogP contribution is 2.36. The van der Waals surface area contributed by atoms with Crippen molar-refractivity contribution in [1.29, 1.82) is 0 Å². The molecule has 0 saturated carbocycles. The van der Waals surface area contributed by atoms with E-state index in [4.69, 9.17) is 4.42 Å². The molecule has 13 aromatic rings. The fourth-order valence-corrected chi connectivity index (χ4v) is 9.31. The Morgan fingerprint density at radius 3 is 0.714 bits per heavy atom. The zero-order valence-electron chi connectivity index (χ0n) is 64.2. The predicted octanol–water partition coefficient (Wildman–Crippen LogP) is 31.7. The van der Waals surface area contributed by atoms with Crippen molar-refractivity contribution in [3.63, 3.8) is 0 Å². The molecular formula is C96H126OS. The lowest BCUT2D eigenvalue weighted by atomic mass is 10.0. The van der Waals surface area contributed by atoms with E-state index in [1.807, 2.05) is 96.3 Å². The third-order valence-corrected chi connectivity index (χ3v) is 12.6. The zero-order chi connectivity index (χ0) is 72.3. The van der Waals surface area contributed by atoms with Gasteiger partial charge < -0.3 is 4.42 Å². The Kier molecular flexibility index (Phi) is 37.2. The SMILES string of the molecule is C.CC(C)(C)C.CC(C)(C)C.CC(C)(C)C.CC(C)(C)C.CC(C)(C)C.CC(C)(C)C.c1ccc(-c2ccccc2)cc1.c1ccc2c(c1)Cc1ccccc1-2.c1ccc2c(c1)oc1ccccc12.c1ccc2c(c1)sc1ccccc12.c1ccc2ccccc2c1.c1ccccc1. The lowest BCUT2D eigenvalue weighted by Crippen LogP contribution is -1.93. The molecule has 0 amide bonds. The Hall–Kier alpha value is -8.30. The topological polar surface area (TPSA) is 13.1 Å². The predicted molar refractivity (Wildman–Crippen MR) is 448 cm³/mol. The van der Waals surface area contributed by atoms with Crippen molar-refractivity contribution in [2.45, 2.75) is 180 Å². The van der Waals surface area contributed by atoms with E-state index < -0.39 is 0 Å². The molecule has 0 saturated heterocycles. The number of rotatable bonds is 1. The van der Waals surface area contributed by atoms with Crippen molar-refractivity contribution < 1.29 is 4.42 Å². The minimum Gasteiger partial charge on any atom is -0.456 e. The first-order valence-electron chi connectivity index (χ1n) is 34.7. The molecule has 2 heterocycles. The van der Waals surface area contributed by atoms with Crippen LogP contribution >= 0.6 is 11.3 Å². The molecule has 0 fully saturated rings. The van der Waals surface area contributed by atoms with E-state index in [0.717, 1.165) is 17.6 Å². The zero-order valence-corrected chi connectivity index (χ0v) is 65.1. The maximum absolute atomic E-state index is 5.65. The summed E-state index contributed by atoms with van der Waals surface area (Å²) in [5.41, 5.74) is 13.2. The van der Waals surface area contributed by atoms with Gasteiger partial charge >= 0.3 is 0 Å². The van der Waals surface area contributed by atoms with Gasteiger partial charge in [-0.05, 0) is 107 Å². The molecule has 0 spiro atoms. The highest BCUT2D eigenvalue weighted by atomic mass is 32.1. The molecule has 11 aromatic carbocycles. The van der Waals surface area contributed by atoms with Gasteiger partial charge in [-0.1, -0.05) is 441 Å². The molecule has 0 atom stereocenters. The second-order valence-electron chi connectivity index (χ2n) is 33.9. The standard InChI is InChI=1S/C13H10.C12H8O.C12H8S.C12H10.C10H8.C6H6.6C5H12.CH4/c1-3-7-12-10(5-1)9-11-6-2-4-8-13(11)12;2*1-3-7-11-9(5-1)10-6-2-4-8-12(10)13-11;1-3-7-11(8-4-1)12-9-5-2-6-10-12;1-2-6-10-8-4-3-7-9(10)5-1;1-2-4-6-5-3-1;6*1-5(2,3)4;/h1-8H,9H2;2*1-8H;1-10H;1-8H;1-6H;6*1-4H3;1H4. The number of para-hydroxylation sites is 2. The highest BCUT2D eigenvalue weighted by molar-refractivity contribution is 7.25. The van der Waals surface area contributed by atoms with Crippen LogP contribution in [-0.4, -0.2) is 0 Å². The third-order valence-electron chi connectivity index (χ3n) is 11.5. The summed E-state index contributed by atoms with van der Waals surface area (Å²) in [6.07, 6.45) is 1.10. The summed E-state index contributed by atoms with van der Waals surface area (Å²) in [5.74, 6) is 0. The minimum atomic E-state index is 0. The summed E-state index contributed by atoms with van der Waals surface area (Å²) < 4.78 is 8.41. The molecule has 522 valence electrons. The Morgan fingerprint density at radius 1 is 0.224 bits per heavy atom. The van der Waals surface area contributed by atoms with Gasteiger partial charge in [-0.2, -0.15) is 0 Å². The van der Waals surface area contributed by atoms with E-state index in [9.17, 15) is 0 Å². The van der Waals surface area contributed by atoms with E-state index in [-0.39, 0.29) is 7.43 Å². The van der Waals surface area contributed by atoms with E-state index >= 15 is 0 Å². The number of fused-ring (bicyclic) bond motifs is 10. The van der Waals surface area contributed by atoms with Crippen molar-refractivity contribution in [3.8, 4) is 22.3 Å². The van der Waals surface area contributed by atoms with Crippen LogP contribution in [0.5, 0.6) is 0 Å². The van der Waals surface area contributed by atoms with Crippen LogP contribution in [0.3, 0.4) is 0 Å². The number of furan rings is 1. The average molecular weight is 1330 g/mol. The molecular weight excluding hydrogens is 1200 g/mol. The quantitative estimate of drug-likeness (QED) is 0.160. The minimum absolute atomic E-state index is 0. The van der Waals surface area contributed by atoms with Crippen LogP contribution in [0.2, 0.25) is 0 Å². The molecule has 1 aliphatic carbocycles. The van der Waals surface area contributed by atoms with Gasteiger partial charge in [-0.25, -0.2) is 0 Å². The van der Waals surface area contributed by atoms with Gasteiger partial charge in [0.1, 0.15) is 11.2 Å². The fraction of sp³-hybridized carbons (Fsp3) is 0.333. The van der Waals surface area contributed by atoms with Crippen molar-refractivity contribution in [1.82, 2.24) is 0 Å². The summed E-state index contributed by atoms with van der Waals surface area (Å²) in [7, 11) is 0. The van der Waals surface area contributed by atoms with E-state index in [1.165, 1.54) is 75.1 Å². The van der Waals surface area contributed by atoms with Crippen molar-refractivity contribution in [3.05, 3.63) is 302 Å². The molecule has 14 rings (SSSR count). The normalized spacial score (nSPS) is 10.9. The van der Waals surface area contributed by atoms with Gasteiger partial charge in [-0.3, -0.25) is 0 Å². The van der Waals surface area contributed by atoms with Crippen LogP contribution in [0.1, 0.15) is 185 Å². The average Bonchev–Trinajstić information content (AvgIpc) is 1.67. The van der Waals surface area contributed by atoms with Crippen LogP contribution in [0.25, 0.3) is 75.1 Å². The summed E-state index contributed by atoms with van der Waals surface area (Å²) >= 11 is 1.86. The summed E-state index contributed by atoms with van der Waals surface area (Å²) in [4.78, 5) is 0. The van der Waals surface area contributed by atoms with Gasteiger partial charge in [-0.15, -0.1) is 11.3 Å². The first-order chi connectivity index (χ1) is 45.3. The van der Waals surface area contributed by atoms with E-state index in [2.05, 4.69) is 372 Å². The molecule has 0 radical (unpaired) electrons. The van der Waals surface area contributed by atoms with Gasteiger partial charge in [0.05, 0.1) is 0 Å². The second-order valence-corrected chi connectivity index (χ2v) is 35.0. The van der Waals surface area contributed by atoms with Gasteiger partial charge in [0.15, 0.2) is 0 Å². The molecule has 0 bridgehead atoms. The fourth-order valence-electron chi connectivity index (χ4n) is 8.21. The maximum atomic E-state index is 5.65. The number of benzene rings is 11. The van der Waals surface area contributed by atoms with Crippen molar-refractivity contribution in [2.24, 2.45) is 32.5 Å². The molecule has 0 N–H and O–H groups in total. The van der Waals surface area contributed by atoms with E-state index in [1.54, 1.807) is 0 Å². The summed E-state index contributed by atoms with van der Waals surface area (Å²) in [6, 6.07) is 100. The van der Waals surface area contributed by atoms with Crippen molar-refractivity contribution in [2.75, 3.05) is 0 Å². The van der Waals surface area contributed by atoms with Crippen LogP contribution in [0.15, 0.2) is 296 Å². The smallest absolute Gasteiger partial charge is 0.135 e. The van der Waals surface area contributed by atoms with Crippen LogP contribution < -0.4 is 0 Å². The van der Waals surface area contributed by atoms with E-state index in [0.29, 0.717) is 32.5 Å². The molecule has 2 heteroatoms. The van der Waals surface area contributed by atoms with Gasteiger partial charge in [0, 0.05) is 30.9 Å². The second kappa shape index (κ2) is 42.5. The molecule has 0 aliphatic heterocycles. The van der Waals surface area contributed by atoms with Crippen LogP contribution in [0, 0.1) is 32.5 Å². The van der Waals surface area contributed by atoms with Gasteiger partial charge in [0.25, 0.3) is 0 Å². The largest absolute Gasteiger partial charge is 0.456 e. The Balaban J connectivity index is 0.000000373. The molecule has 1 nitrogen and oxygen atoms in total. The summed E-state index contributed by atoms with van der Waals surface area (Å²) in [6.45, 7) is 52.5. The molecule has 1 aliphatic rings. The first-order valence-corrected chi connectivity index (χ1v) is 35.5. The maximum Gasteiger partial charge on any atom is 0.135 e. The Labute approximate surface area is 601 Å². The van der Waals surface area contributed by atoms with Gasteiger partial charge in [0.2, 0.25) is 0 Å². The Morgan fingerprint density at radius 2 is 0.429 bits per heavy atom. The monoisotopic (exact) mass is 1330 g/mol. The number of hydrogen-bond acceptors (Lipinski definition) is 2. The third kappa shape index (κ3) is 41.7. The number of thiophene rings is 1. The lowest BCUT2D eigenvalue weighted by Gasteiger charge is -2.05. The molecule has 2 aromatic heterocycles. The molecule has 98 heavy (non-hydrogen) atoms. The highest BCUT2D eigenvalue weighted by Gasteiger charge is 2.16. The Bertz CT molecular complexity index is 3670. The molecule has 0 unspecified atom stereocenters. The van der Waals surface area contributed by atoms with Crippen LogP contribution in [0.4, 0.5) is 0 Å². The first kappa shape index (κ1) is 85.8. The summed E-state index contributed by atoms with van der Waals surface area (Å²) in [5, 5.41) is 7.76.